The number of anilines is 1. The molecule has 6 heteroatoms. The van der Waals surface area contributed by atoms with Crippen LogP contribution >= 0.6 is 11.8 Å². The van der Waals surface area contributed by atoms with Crippen molar-refractivity contribution < 1.29 is 4.79 Å². The number of benzene rings is 1. The van der Waals surface area contributed by atoms with E-state index in [1.54, 1.807) is 6.20 Å². The Morgan fingerprint density at radius 3 is 2.87 bits per heavy atom. The molecule has 31 heavy (non-hydrogen) atoms. The number of carbonyl (C=O) groups is 1. The number of aromatic nitrogens is 2. The summed E-state index contributed by atoms with van der Waals surface area (Å²) in [5.74, 6) is 1.50. The Balaban J connectivity index is 1.38. The number of nitriles is 1. The number of amides is 1. The van der Waals surface area contributed by atoms with Gasteiger partial charge in [-0.3, -0.25) is 4.79 Å². The van der Waals surface area contributed by atoms with E-state index in [0.29, 0.717) is 29.5 Å². The predicted octanol–water partition coefficient (Wildman–Crippen LogP) is 5.05. The summed E-state index contributed by atoms with van der Waals surface area (Å²) in [5, 5.41) is 13.2. The van der Waals surface area contributed by atoms with Gasteiger partial charge in [-0.1, -0.05) is 30.3 Å². The highest BCUT2D eigenvalue weighted by Gasteiger charge is 2.23. The molecule has 1 amide bonds. The molecule has 1 unspecified atom stereocenters. The van der Waals surface area contributed by atoms with Crippen molar-refractivity contribution in [1.29, 1.82) is 5.26 Å². The van der Waals surface area contributed by atoms with Crippen molar-refractivity contribution in [3.8, 4) is 6.07 Å². The number of carbonyl (C=O) groups excluding carboxylic acids is 1. The molecule has 0 spiro atoms. The fourth-order valence-corrected chi connectivity index (χ4v) is 4.81. The number of aryl methyl sites for hydroxylation is 2. The van der Waals surface area contributed by atoms with E-state index in [9.17, 15) is 10.1 Å². The molecule has 5 nitrogen and oxygen atoms in total. The topological polar surface area (TPSA) is 78.7 Å². The predicted molar refractivity (Wildman–Crippen MR) is 123 cm³/mol. The maximum Gasteiger partial charge on any atom is 0.226 e. The number of rotatable bonds is 6. The zero-order valence-corrected chi connectivity index (χ0v) is 18.3. The second-order valence-electron chi connectivity index (χ2n) is 7.77. The minimum absolute atomic E-state index is 0.0900. The lowest BCUT2D eigenvalue weighted by molar-refractivity contribution is -0.115. The minimum atomic E-state index is -0.0900. The van der Waals surface area contributed by atoms with E-state index in [4.69, 9.17) is 4.98 Å². The number of hydrogen-bond acceptors (Lipinski definition) is 5. The van der Waals surface area contributed by atoms with Gasteiger partial charge >= 0.3 is 0 Å². The van der Waals surface area contributed by atoms with Gasteiger partial charge in [-0.15, -0.1) is 11.8 Å². The first-order chi connectivity index (χ1) is 15.1. The highest BCUT2D eigenvalue weighted by molar-refractivity contribution is 7.99. The van der Waals surface area contributed by atoms with Crippen LogP contribution in [0.5, 0.6) is 0 Å². The number of nitrogens with zero attached hydrogens (tertiary/aromatic N) is 3. The lowest BCUT2D eigenvalue weighted by atomic mass is 9.82. The molecule has 0 bridgehead atoms. The van der Waals surface area contributed by atoms with E-state index in [2.05, 4.69) is 40.6 Å². The van der Waals surface area contributed by atoms with Crippen LogP contribution in [0.4, 0.5) is 5.82 Å². The fraction of sp³-hybridized carbons (Fsp3) is 0.280. The summed E-state index contributed by atoms with van der Waals surface area (Å²) in [6.45, 7) is 1.96. The molecule has 2 heterocycles. The van der Waals surface area contributed by atoms with Crippen molar-refractivity contribution in [2.45, 2.75) is 43.6 Å². The normalized spacial score (nSPS) is 15.0. The number of hydrogen-bond donors (Lipinski definition) is 1. The first kappa shape index (κ1) is 21.1. The molecule has 1 atom stereocenters. The highest BCUT2D eigenvalue weighted by atomic mass is 32.2. The highest BCUT2D eigenvalue weighted by Crippen LogP contribution is 2.34. The quantitative estimate of drug-likeness (QED) is 0.556. The van der Waals surface area contributed by atoms with Gasteiger partial charge in [0.1, 0.15) is 16.9 Å². The lowest BCUT2D eigenvalue weighted by Crippen LogP contribution is -2.15. The number of fused-ring (bicyclic) bond motifs is 1. The van der Waals surface area contributed by atoms with Gasteiger partial charge in [-0.2, -0.15) is 5.26 Å². The molecule has 0 saturated heterocycles. The second kappa shape index (κ2) is 9.76. The maximum absolute atomic E-state index is 12.2. The van der Waals surface area contributed by atoms with Crippen LogP contribution in [-0.2, 0) is 17.6 Å². The average molecular weight is 429 g/mol. The van der Waals surface area contributed by atoms with E-state index in [1.165, 1.54) is 22.9 Å². The summed E-state index contributed by atoms with van der Waals surface area (Å²) in [6, 6.07) is 18.6. The van der Waals surface area contributed by atoms with Gasteiger partial charge < -0.3 is 5.32 Å². The fourth-order valence-electron chi connectivity index (χ4n) is 3.90. The molecule has 1 aliphatic carbocycles. The van der Waals surface area contributed by atoms with Gasteiger partial charge in [0.25, 0.3) is 0 Å². The Morgan fingerprint density at radius 1 is 1.26 bits per heavy atom. The molecule has 3 aromatic rings. The number of pyridine rings is 2. The van der Waals surface area contributed by atoms with Crippen LogP contribution in [-0.4, -0.2) is 21.6 Å². The summed E-state index contributed by atoms with van der Waals surface area (Å²) >= 11 is 1.47. The smallest absolute Gasteiger partial charge is 0.226 e. The standard InChI is InChI=1S/C25H24N4OS/c1-17-9-11-27-23(13-17)29-24(30)10-12-31-25-21(16-26)15-20-14-19(7-8-22(20)28-25)18-5-3-2-4-6-18/h2-6,9,11,13,15,19H,7-8,10,12,14H2,1H3,(H,27,29,30). The van der Waals surface area contributed by atoms with Crippen LogP contribution in [0.25, 0.3) is 0 Å². The van der Waals surface area contributed by atoms with Crippen LogP contribution in [0.2, 0.25) is 0 Å². The molecule has 2 aromatic heterocycles. The van der Waals surface area contributed by atoms with Gasteiger partial charge in [0.15, 0.2) is 0 Å². The van der Waals surface area contributed by atoms with Crippen molar-refractivity contribution >= 4 is 23.5 Å². The Labute approximate surface area is 186 Å². The van der Waals surface area contributed by atoms with Crippen molar-refractivity contribution in [3.05, 3.63) is 82.7 Å². The molecule has 0 fully saturated rings. The van der Waals surface area contributed by atoms with Crippen LogP contribution in [0, 0.1) is 18.3 Å². The van der Waals surface area contributed by atoms with Crippen LogP contribution in [0.3, 0.4) is 0 Å². The molecule has 1 aliphatic rings. The summed E-state index contributed by atoms with van der Waals surface area (Å²) in [6.07, 6.45) is 4.90. The Morgan fingerprint density at radius 2 is 2.10 bits per heavy atom. The maximum atomic E-state index is 12.2. The van der Waals surface area contributed by atoms with E-state index in [-0.39, 0.29) is 5.91 Å². The summed E-state index contributed by atoms with van der Waals surface area (Å²) in [4.78, 5) is 21.2. The van der Waals surface area contributed by atoms with Crippen LogP contribution in [0.15, 0.2) is 59.8 Å². The number of thioether (sulfide) groups is 1. The van der Waals surface area contributed by atoms with Crippen molar-refractivity contribution in [2.75, 3.05) is 11.1 Å². The van der Waals surface area contributed by atoms with Crippen molar-refractivity contribution in [3.63, 3.8) is 0 Å². The summed E-state index contributed by atoms with van der Waals surface area (Å²) in [5.41, 5.74) is 5.25. The van der Waals surface area contributed by atoms with Crippen molar-refractivity contribution in [2.24, 2.45) is 0 Å². The third-order valence-corrected chi connectivity index (χ3v) is 6.49. The van der Waals surface area contributed by atoms with Gasteiger partial charge in [0.2, 0.25) is 5.91 Å². The molecule has 1 N–H and O–H groups in total. The zero-order chi connectivity index (χ0) is 21.6. The minimum Gasteiger partial charge on any atom is -0.311 e. The summed E-state index contributed by atoms with van der Waals surface area (Å²) in [7, 11) is 0. The molecule has 0 saturated carbocycles. The van der Waals surface area contributed by atoms with E-state index < -0.39 is 0 Å². The molecule has 1 aromatic carbocycles. The average Bonchev–Trinajstić information content (AvgIpc) is 2.79. The van der Waals surface area contributed by atoms with Gasteiger partial charge in [-0.05, 0) is 67.0 Å². The van der Waals surface area contributed by atoms with Gasteiger partial charge in [0, 0.05) is 24.1 Å². The molecular weight excluding hydrogens is 404 g/mol. The zero-order valence-electron chi connectivity index (χ0n) is 17.5. The van der Waals surface area contributed by atoms with Gasteiger partial charge in [-0.25, -0.2) is 9.97 Å². The molecule has 4 rings (SSSR count). The summed E-state index contributed by atoms with van der Waals surface area (Å²) < 4.78 is 0. The largest absolute Gasteiger partial charge is 0.311 e. The first-order valence-electron chi connectivity index (χ1n) is 10.5. The molecule has 0 radical (unpaired) electrons. The monoisotopic (exact) mass is 428 g/mol. The molecule has 0 aliphatic heterocycles. The second-order valence-corrected chi connectivity index (χ2v) is 8.86. The Hall–Kier alpha value is -3.17. The SMILES string of the molecule is Cc1ccnc(NC(=O)CCSc2nc3c(cc2C#N)CC(c2ccccc2)CC3)c1. The molecule has 156 valence electrons. The third-order valence-electron chi connectivity index (χ3n) is 5.49. The third kappa shape index (κ3) is 5.31. The van der Waals surface area contributed by atoms with Crippen molar-refractivity contribution in [1.82, 2.24) is 9.97 Å². The van der Waals surface area contributed by atoms with Crippen LogP contribution in [0.1, 0.15) is 46.7 Å². The van der Waals surface area contributed by atoms with E-state index in [1.807, 2.05) is 31.2 Å². The van der Waals surface area contributed by atoms with E-state index >= 15 is 0 Å². The lowest BCUT2D eigenvalue weighted by Gasteiger charge is -2.25. The Bertz CT molecular complexity index is 1120. The number of nitrogens with one attached hydrogen (secondary N) is 1. The van der Waals surface area contributed by atoms with Gasteiger partial charge in [0.05, 0.1) is 5.56 Å². The Kier molecular flexibility index (Phi) is 6.63. The molecular formula is C25H24N4OS. The van der Waals surface area contributed by atoms with E-state index in [0.717, 1.165) is 35.5 Å². The van der Waals surface area contributed by atoms with Crippen LogP contribution < -0.4 is 5.32 Å². The first-order valence-corrected chi connectivity index (χ1v) is 11.4.